The molecule has 4 heteroatoms. The van der Waals surface area contributed by atoms with Gasteiger partial charge < -0.3 is 5.73 Å². The van der Waals surface area contributed by atoms with Crippen molar-refractivity contribution in [1.29, 1.82) is 0 Å². The summed E-state index contributed by atoms with van der Waals surface area (Å²) in [6, 6.07) is 1.75. The zero-order chi connectivity index (χ0) is 9.47. The number of pyridine rings is 1. The summed E-state index contributed by atoms with van der Waals surface area (Å²) in [6.45, 7) is 0. The van der Waals surface area contributed by atoms with Crippen LogP contribution in [0, 0.1) is 5.95 Å². The highest BCUT2D eigenvalue weighted by Gasteiger charge is 2.38. The van der Waals surface area contributed by atoms with Crippen molar-refractivity contribution < 1.29 is 4.39 Å². The van der Waals surface area contributed by atoms with Crippen LogP contribution in [0.4, 0.5) is 4.39 Å². The lowest BCUT2D eigenvalue weighted by atomic mass is 10.1. The van der Waals surface area contributed by atoms with E-state index in [0.717, 1.165) is 17.3 Å². The molecule has 2 nitrogen and oxygen atoms in total. The standard InChI is InChI=1S/C9H10BrFN2/c10-7-3-6(8(11)13-5-7)4-9(12)1-2-9/h3,5H,1-2,4,12H2. The summed E-state index contributed by atoms with van der Waals surface area (Å²) in [4.78, 5) is 3.62. The molecule has 2 N–H and O–H groups in total. The molecule has 0 atom stereocenters. The smallest absolute Gasteiger partial charge is 0.216 e. The minimum atomic E-state index is -0.403. The lowest BCUT2D eigenvalue weighted by Gasteiger charge is -2.08. The molecule has 0 spiro atoms. The van der Waals surface area contributed by atoms with Gasteiger partial charge in [0.05, 0.1) is 0 Å². The number of hydrogen-bond acceptors (Lipinski definition) is 2. The summed E-state index contributed by atoms with van der Waals surface area (Å²) in [5, 5.41) is 0. The Labute approximate surface area is 84.5 Å². The van der Waals surface area contributed by atoms with Crippen LogP contribution in [0.5, 0.6) is 0 Å². The fourth-order valence-electron chi connectivity index (χ4n) is 1.31. The number of nitrogens with two attached hydrogens (primary N) is 1. The maximum atomic E-state index is 13.1. The van der Waals surface area contributed by atoms with Crippen molar-refractivity contribution in [3.05, 3.63) is 28.2 Å². The molecular weight excluding hydrogens is 235 g/mol. The lowest BCUT2D eigenvalue weighted by molar-refractivity contribution is 0.547. The molecule has 0 bridgehead atoms. The molecule has 1 aromatic heterocycles. The largest absolute Gasteiger partial charge is 0.325 e. The molecule has 1 aliphatic rings. The Morgan fingerprint density at radius 1 is 1.62 bits per heavy atom. The second kappa shape index (κ2) is 3.03. The minimum absolute atomic E-state index is 0.163. The first-order valence-corrected chi connectivity index (χ1v) is 4.97. The van der Waals surface area contributed by atoms with Crippen LogP contribution in [0.2, 0.25) is 0 Å². The summed E-state index contributed by atoms with van der Waals surface area (Å²) < 4.78 is 13.9. The van der Waals surface area contributed by atoms with Crippen molar-refractivity contribution in [3.8, 4) is 0 Å². The van der Waals surface area contributed by atoms with Crippen molar-refractivity contribution >= 4 is 15.9 Å². The fraction of sp³-hybridized carbons (Fsp3) is 0.444. The topological polar surface area (TPSA) is 38.9 Å². The molecule has 0 amide bonds. The quantitative estimate of drug-likeness (QED) is 0.809. The Hall–Kier alpha value is -0.480. The molecule has 0 radical (unpaired) electrons. The highest BCUT2D eigenvalue weighted by atomic mass is 79.9. The highest BCUT2D eigenvalue weighted by molar-refractivity contribution is 9.10. The van der Waals surface area contributed by atoms with Gasteiger partial charge in [0.15, 0.2) is 0 Å². The van der Waals surface area contributed by atoms with E-state index in [4.69, 9.17) is 5.73 Å². The van der Waals surface area contributed by atoms with Gasteiger partial charge in [0.25, 0.3) is 0 Å². The summed E-state index contributed by atoms with van der Waals surface area (Å²) in [7, 11) is 0. The van der Waals surface area contributed by atoms with Gasteiger partial charge in [0, 0.05) is 21.8 Å². The molecular formula is C9H10BrFN2. The van der Waals surface area contributed by atoms with Crippen LogP contribution in [0.25, 0.3) is 0 Å². The van der Waals surface area contributed by atoms with E-state index in [1.165, 1.54) is 6.20 Å². The van der Waals surface area contributed by atoms with E-state index in [1.54, 1.807) is 6.07 Å². The van der Waals surface area contributed by atoms with Gasteiger partial charge in [-0.05, 0) is 41.3 Å². The SMILES string of the molecule is NC1(Cc2cc(Br)cnc2F)CC1. The van der Waals surface area contributed by atoms with Crippen molar-refractivity contribution in [3.63, 3.8) is 0 Å². The van der Waals surface area contributed by atoms with E-state index >= 15 is 0 Å². The molecule has 0 aliphatic heterocycles. The lowest BCUT2D eigenvalue weighted by Crippen LogP contribution is -2.25. The van der Waals surface area contributed by atoms with Gasteiger partial charge in [0.1, 0.15) is 0 Å². The molecule has 2 rings (SSSR count). The van der Waals surface area contributed by atoms with E-state index < -0.39 is 5.95 Å². The third-order valence-electron chi connectivity index (χ3n) is 2.31. The Balaban J connectivity index is 2.23. The summed E-state index contributed by atoms with van der Waals surface area (Å²) in [5.74, 6) is -0.403. The van der Waals surface area contributed by atoms with Gasteiger partial charge in [-0.15, -0.1) is 0 Å². The molecule has 0 unspecified atom stereocenters. The maximum absolute atomic E-state index is 13.1. The predicted molar refractivity (Wildman–Crippen MR) is 51.8 cm³/mol. The van der Waals surface area contributed by atoms with Crippen LogP contribution in [-0.2, 0) is 6.42 Å². The first kappa shape index (κ1) is 9.09. The van der Waals surface area contributed by atoms with E-state index in [2.05, 4.69) is 20.9 Å². The second-order valence-corrected chi connectivity index (χ2v) is 4.56. The molecule has 0 aromatic carbocycles. The van der Waals surface area contributed by atoms with Gasteiger partial charge in [-0.3, -0.25) is 0 Å². The van der Waals surface area contributed by atoms with Gasteiger partial charge in [-0.2, -0.15) is 4.39 Å². The van der Waals surface area contributed by atoms with E-state index in [-0.39, 0.29) is 5.54 Å². The summed E-state index contributed by atoms with van der Waals surface area (Å²) in [6.07, 6.45) is 4.01. The van der Waals surface area contributed by atoms with E-state index in [9.17, 15) is 4.39 Å². The Morgan fingerprint density at radius 3 is 2.92 bits per heavy atom. The number of nitrogens with zero attached hydrogens (tertiary/aromatic N) is 1. The van der Waals surface area contributed by atoms with Gasteiger partial charge in [0.2, 0.25) is 5.95 Å². The average molecular weight is 245 g/mol. The number of halogens is 2. The first-order chi connectivity index (χ1) is 6.09. The molecule has 1 aromatic rings. The third kappa shape index (κ3) is 2.06. The Bertz CT molecular complexity index is 336. The van der Waals surface area contributed by atoms with Gasteiger partial charge in [-0.25, -0.2) is 4.98 Å². The van der Waals surface area contributed by atoms with Crippen molar-refractivity contribution in [2.24, 2.45) is 5.73 Å². The monoisotopic (exact) mass is 244 g/mol. The molecule has 0 saturated heterocycles. The summed E-state index contributed by atoms with van der Waals surface area (Å²) in [5.41, 5.74) is 6.33. The Morgan fingerprint density at radius 2 is 2.31 bits per heavy atom. The highest BCUT2D eigenvalue weighted by Crippen LogP contribution is 2.36. The summed E-state index contributed by atoms with van der Waals surface area (Å²) >= 11 is 3.25. The molecule has 1 saturated carbocycles. The van der Waals surface area contributed by atoms with Crippen LogP contribution in [-0.4, -0.2) is 10.5 Å². The first-order valence-electron chi connectivity index (χ1n) is 4.18. The molecule has 70 valence electrons. The molecule has 1 aliphatic carbocycles. The van der Waals surface area contributed by atoms with Crippen LogP contribution < -0.4 is 5.73 Å². The van der Waals surface area contributed by atoms with Crippen molar-refractivity contribution in [2.75, 3.05) is 0 Å². The second-order valence-electron chi connectivity index (χ2n) is 3.64. The predicted octanol–water partition coefficient (Wildman–Crippen LogP) is 2.02. The molecule has 1 heterocycles. The normalized spacial score (nSPS) is 18.7. The van der Waals surface area contributed by atoms with Gasteiger partial charge in [-0.1, -0.05) is 0 Å². The minimum Gasteiger partial charge on any atom is -0.325 e. The third-order valence-corrected chi connectivity index (χ3v) is 2.75. The van der Waals surface area contributed by atoms with Crippen LogP contribution >= 0.6 is 15.9 Å². The van der Waals surface area contributed by atoms with Crippen molar-refractivity contribution in [2.45, 2.75) is 24.8 Å². The van der Waals surface area contributed by atoms with Crippen LogP contribution in [0.1, 0.15) is 18.4 Å². The van der Waals surface area contributed by atoms with Crippen LogP contribution in [0.3, 0.4) is 0 Å². The van der Waals surface area contributed by atoms with Gasteiger partial charge >= 0.3 is 0 Å². The molecule has 1 fully saturated rings. The Kier molecular flexibility index (Phi) is 2.12. The number of aromatic nitrogens is 1. The van der Waals surface area contributed by atoms with E-state index in [1.807, 2.05) is 0 Å². The number of rotatable bonds is 2. The van der Waals surface area contributed by atoms with Crippen LogP contribution in [0.15, 0.2) is 16.7 Å². The average Bonchev–Trinajstić information content (AvgIpc) is 2.76. The zero-order valence-corrected chi connectivity index (χ0v) is 8.64. The zero-order valence-electron chi connectivity index (χ0n) is 7.06. The van der Waals surface area contributed by atoms with Crippen molar-refractivity contribution in [1.82, 2.24) is 4.98 Å². The number of hydrogen-bond donors (Lipinski definition) is 1. The molecule has 13 heavy (non-hydrogen) atoms. The maximum Gasteiger partial charge on any atom is 0.216 e. The van der Waals surface area contributed by atoms with E-state index in [0.29, 0.717) is 12.0 Å². The fourth-order valence-corrected chi connectivity index (χ4v) is 1.68.